The summed E-state index contributed by atoms with van der Waals surface area (Å²) in [6, 6.07) is 3.33. The molecule has 21 heavy (non-hydrogen) atoms. The van der Waals surface area contributed by atoms with E-state index in [4.69, 9.17) is 16.0 Å². The molecule has 1 N–H and O–H groups in total. The smallest absolute Gasteiger partial charge is 0.228 e. The van der Waals surface area contributed by atoms with Gasteiger partial charge in [-0.1, -0.05) is 11.6 Å². The van der Waals surface area contributed by atoms with E-state index >= 15 is 0 Å². The SMILES string of the molecule is Cc1oc(C)c(C(=O)c2cc3c(cc2Cl)NC(=O)C3)c1C. The zero-order valence-electron chi connectivity index (χ0n) is 12.0. The van der Waals surface area contributed by atoms with Gasteiger partial charge in [0.15, 0.2) is 5.78 Å². The summed E-state index contributed by atoms with van der Waals surface area (Å²) in [5.74, 6) is 1.05. The maximum Gasteiger partial charge on any atom is 0.228 e. The van der Waals surface area contributed by atoms with Crippen molar-refractivity contribution in [1.82, 2.24) is 0 Å². The number of benzene rings is 1. The van der Waals surface area contributed by atoms with Gasteiger partial charge in [-0.2, -0.15) is 0 Å². The Hall–Kier alpha value is -2.07. The lowest BCUT2D eigenvalue weighted by atomic mass is 9.97. The Morgan fingerprint density at radius 1 is 1.24 bits per heavy atom. The molecule has 0 unspecified atom stereocenters. The second kappa shape index (κ2) is 4.74. The van der Waals surface area contributed by atoms with Gasteiger partial charge in [0, 0.05) is 16.8 Å². The molecule has 4 nitrogen and oxygen atoms in total. The van der Waals surface area contributed by atoms with E-state index < -0.39 is 0 Å². The topological polar surface area (TPSA) is 59.3 Å². The number of halogens is 1. The number of anilines is 1. The molecule has 2 heterocycles. The quantitative estimate of drug-likeness (QED) is 0.863. The van der Waals surface area contributed by atoms with E-state index in [1.807, 2.05) is 13.8 Å². The van der Waals surface area contributed by atoms with E-state index in [1.54, 1.807) is 19.1 Å². The van der Waals surface area contributed by atoms with Gasteiger partial charge in [-0.3, -0.25) is 9.59 Å². The molecule has 5 heteroatoms. The number of rotatable bonds is 2. The summed E-state index contributed by atoms with van der Waals surface area (Å²) in [4.78, 5) is 24.2. The number of amides is 1. The molecule has 1 aromatic carbocycles. The van der Waals surface area contributed by atoms with E-state index in [9.17, 15) is 9.59 Å². The Balaban J connectivity index is 2.11. The highest BCUT2D eigenvalue weighted by Gasteiger charge is 2.25. The minimum atomic E-state index is -0.172. The molecular weight excluding hydrogens is 290 g/mol. The summed E-state index contributed by atoms with van der Waals surface area (Å²) in [5, 5.41) is 3.05. The maximum absolute atomic E-state index is 12.8. The Bertz CT molecular complexity index is 789. The number of aryl methyl sites for hydroxylation is 2. The van der Waals surface area contributed by atoms with Crippen LogP contribution in [-0.4, -0.2) is 11.7 Å². The summed E-state index contributed by atoms with van der Waals surface area (Å²) in [6.07, 6.45) is 0.273. The van der Waals surface area contributed by atoms with Gasteiger partial charge in [0.1, 0.15) is 11.5 Å². The van der Waals surface area contributed by atoms with Gasteiger partial charge in [0.05, 0.1) is 17.0 Å². The van der Waals surface area contributed by atoms with Gasteiger partial charge in [-0.25, -0.2) is 0 Å². The largest absolute Gasteiger partial charge is 0.466 e. The summed E-state index contributed by atoms with van der Waals surface area (Å²) in [7, 11) is 0. The van der Waals surface area contributed by atoms with Crippen molar-refractivity contribution < 1.29 is 14.0 Å². The Morgan fingerprint density at radius 2 is 1.95 bits per heavy atom. The lowest BCUT2D eigenvalue weighted by Crippen LogP contribution is -2.05. The molecule has 0 fully saturated rings. The summed E-state index contributed by atoms with van der Waals surface area (Å²) >= 11 is 6.21. The minimum Gasteiger partial charge on any atom is -0.466 e. The summed E-state index contributed by atoms with van der Waals surface area (Å²) in [6.45, 7) is 5.44. The number of ketones is 1. The number of carbonyl (C=O) groups is 2. The molecule has 108 valence electrons. The number of fused-ring (bicyclic) bond motifs is 1. The van der Waals surface area contributed by atoms with Crippen LogP contribution >= 0.6 is 11.6 Å². The molecule has 1 aliphatic heterocycles. The first kappa shape index (κ1) is 13.9. The van der Waals surface area contributed by atoms with Crippen LogP contribution in [0.4, 0.5) is 5.69 Å². The second-order valence-corrected chi connectivity index (χ2v) is 5.66. The standard InChI is InChI=1S/C16H14ClNO3/c1-7-8(2)21-9(3)15(7)16(20)11-4-10-5-14(19)18-13(10)6-12(11)17/h4,6H,5H2,1-3H3,(H,18,19). The highest BCUT2D eigenvalue weighted by atomic mass is 35.5. The van der Waals surface area contributed by atoms with Crippen LogP contribution in [0.25, 0.3) is 0 Å². The molecule has 0 spiro atoms. The van der Waals surface area contributed by atoms with E-state index in [0.29, 0.717) is 27.6 Å². The fraction of sp³-hybridized carbons (Fsp3) is 0.250. The molecule has 1 aliphatic rings. The number of nitrogens with one attached hydrogen (secondary N) is 1. The molecule has 1 amide bonds. The Morgan fingerprint density at radius 3 is 2.57 bits per heavy atom. The fourth-order valence-corrected chi connectivity index (χ4v) is 2.93. The predicted molar refractivity (Wildman–Crippen MR) is 80.1 cm³/mol. The molecule has 0 saturated heterocycles. The third-order valence-corrected chi connectivity index (χ3v) is 4.16. The van der Waals surface area contributed by atoms with Gasteiger partial charge in [0.2, 0.25) is 5.91 Å². The average molecular weight is 304 g/mol. The van der Waals surface area contributed by atoms with Crippen LogP contribution in [0, 0.1) is 20.8 Å². The summed E-state index contributed by atoms with van der Waals surface area (Å²) in [5.41, 5.74) is 3.25. The van der Waals surface area contributed by atoms with E-state index in [2.05, 4.69) is 5.32 Å². The zero-order chi connectivity index (χ0) is 15.3. The monoisotopic (exact) mass is 303 g/mol. The van der Waals surface area contributed by atoms with Crippen molar-refractivity contribution >= 4 is 29.0 Å². The second-order valence-electron chi connectivity index (χ2n) is 5.26. The van der Waals surface area contributed by atoms with Crippen molar-refractivity contribution in [3.63, 3.8) is 0 Å². The number of furan rings is 1. The third kappa shape index (κ3) is 2.16. The molecule has 2 aromatic rings. The molecule has 1 aromatic heterocycles. The zero-order valence-corrected chi connectivity index (χ0v) is 12.7. The van der Waals surface area contributed by atoms with Gasteiger partial charge in [0.25, 0.3) is 0 Å². The minimum absolute atomic E-state index is 0.0859. The molecule has 0 saturated carbocycles. The molecular formula is C16H14ClNO3. The Kier molecular flexibility index (Phi) is 3.14. The normalized spacial score (nSPS) is 13.2. The first-order valence-electron chi connectivity index (χ1n) is 6.62. The van der Waals surface area contributed by atoms with E-state index in [1.165, 1.54) is 0 Å². The number of hydrogen-bond acceptors (Lipinski definition) is 3. The van der Waals surface area contributed by atoms with Crippen LogP contribution in [0.15, 0.2) is 16.5 Å². The van der Waals surface area contributed by atoms with Crippen molar-refractivity contribution in [2.45, 2.75) is 27.2 Å². The van der Waals surface area contributed by atoms with Crippen molar-refractivity contribution in [2.24, 2.45) is 0 Å². The van der Waals surface area contributed by atoms with Crippen LogP contribution < -0.4 is 5.32 Å². The van der Waals surface area contributed by atoms with Gasteiger partial charge >= 0.3 is 0 Å². The van der Waals surface area contributed by atoms with Gasteiger partial charge < -0.3 is 9.73 Å². The lowest BCUT2D eigenvalue weighted by molar-refractivity contribution is -0.115. The first-order chi connectivity index (χ1) is 9.88. The first-order valence-corrected chi connectivity index (χ1v) is 7.00. The van der Waals surface area contributed by atoms with Crippen molar-refractivity contribution in [3.05, 3.63) is 50.9 Å². The third-order valence-electron chi connectivity index (χ3n) is 3.85. The van der Waals surface area contributed by atoms with E-state index in [0.717, 1.165) is 16.9 Å². The van der Waals surface area contributed by atoms with Crippen LogP contribution in [0.2, 0.25) is 5.02 Å². The Labute approximate surface area is 127 Å². The maximum atomic E-state index is 12.8. The van der Waals surface area contributed by atoms with Crippen LogP contribution in [-0.2, 0) is 11.2 Å². The number of hydrogen-bond donors (Lipinski definition) is 1. The highest BCUT2D eigenvalue weighted by molar-refractivity contribution is 6.35. The van der Waals surface area contributed by atoms with Crippen LogP contribution in [0.1, 0.15) is 38.6 Å². The van der Waals surface area contributed by atoms with Crippen molar-refractivity contribution in [2.75, 3.05) is 5.32 Å². The van der Waals surface area contributed by atoms with Crippen LogP contribution in [0.5, 0.6) is 0 Å². The van der Waals surface area contributed by atoms with Crippen molar-refractivity contribution in [3.8, 4) is 0 Å². The van der Waals surface area contributed by atoms with Crippen molar-refractivity contribution in [1.29, 1.82) is 0 Å². The number of carbonyl (C=O) groups excluding carboxylic acids is 2. The van der Waals surface area contributed by atoms with E-state index in [-0.39, 0.29) is 18.1 Å². The molecule has 0 radical (unpaired) electrons. The summed E-state index contributed by atoms with van der Waals surface area (Å²) < 4.78 is 5.51. The predicted octanol–water partition coefficient (Wildman–Crippen LogP) is 3.58. The highest BCUT2D eigenvalue weighted by Crippen LogP contribution is 2.32. The van der Waals surface area contributed by atoms with Gasteiger partial charge in [-0.15, -0.1) is 0 Å². The van der Waals surface area contributed by atoms with Crippen LogP contribution in [0.3, 0.4) is 0 Å². The lowest BCUT2D eigenvalue weighted by Gasteiger charge is -2.07. The fourth-order valence-electron chi connectivity index (χ4n) is 2.68. The average Bonchev–Trinajstić information content (AvgIpc) is 2.87. The molecule has 0 atom stereocenters. The van der Waals surface area contributed by atoms with Gasteiger partial charge in [-0.05, 0) is 38.5 Å². The molecule has 0 bridgehead atoms. The molecule has 0 aliphatic carbocycles. The molecule has 3 rings (SSSR count).